The van der Waals surface area contributed by atoms with E-state index in [1.165, 1.54) is 6.21 Å². The van der Waals surface area contributed by atoms with E-state index in [0.29, 0.717) is 29.4 Å². The third kappa shape index (κ3) is 5.47. The van der Waals surface area contributed by atoms with Gasteiger partial charge in [0.2, 0.25) is 6.10 Å². The first-order valence-electron chi connectivity index (χ1n) is 8.39. The fraction of sp³-hybridized carbons (Fsp3) is 0.250. The number of hydrogen-bond acceptors (Lipinski definition) is 6. The highest BCUT2D eigenvalue weighted by Gasteiger charge is 2.15. The molecule has 0 unspecified atom stereocenters. The molecular weight excluding hydrogens is 346 g/mol. The zero-order chi connectivity index (χ0) is 19.6. The summed E-state index contributed by atoms with van der Waals surface area (Å²) in [6.45, 7) is 4.00. The second-order valence-electron chi connectivity index (χ2n) is 5.47. The normalized spacial score (nSPS) is 11.5. The van der Waals surface area contributed by atoms with Gasteiger partial charge in [0.1, 0.15) is 6.07 Å². The number of ether oxygens (including phenoxy) is 2. The van der Waals surface area contributed by atoms with Gasteiger partial charge in [0.05, 0.1) is 31.2 Å². The summed E-state index contributed by atoms with van der Waals surface area (Å²) in [7, 11) is 1.56. The first-order valence-corrected chi connectivity index (χ1v) is 8.39. The van der Waals surface area contributed by atoms with Crippen molar-refractivity contribution in [1.29, 1.82) is 5.26 Å². The average Bonchev–Trinajstić information content (AvgIpc) is 2.69. The Bertz CT molecular complexity index is 859. The van der Waals surface area contributed by atoms with Gasteiger partial charge in [-0.05, 0) is 44.2 Å². The quantitative estimate of drug-likeness (QED) is 0.570. The van der Waals surface area contributed by atoms with Crippen LogP contribution in [-0.2, 0) is 9.63 Å². The molecule has 7 heteroatoms. The number of para-hydroxylation sites is 1. The standard InChI is InChI=1S/C20H21N3O4/c1-4-26-18-10-9-15(11-19(18)25-3)13-22-27-14(2)20(24)23-17-8-6-5-7-16(17)12-21/h5-11,13-14H,4H2,1-3H3,(H,23,24)/b22-13-/t14-/m0/s1. The van der Waals surface area contributed by atoms with Crippen molar-refractivity contribution in [2.45, 2.75) is 20.0 Å². The number of nitriles is 1. The minimum Gasteiger partial charge on any atom is -0.493 e. The lowest BCUT2D eigenvalue weighted by molar-refractivity contribution is -0.126. The van der Waals surface area contributed by atoms with Crippen molar-refractivity contribution in [3.05, 3.63) is 53.6 Å². The van der Waals surface area contributed by atoms with Gasteiger partial charge >= 0.3 is 0 Å². The number of anilines is 1. The Kier molecular flexibility index (Phi) is 7.20. The van der Waals surface area contributed by atoms with Crippen LogP contribution in [0.5, 0.6) is 11.5 Å². The summed E-state index contributed by atoms with van der Waals surface area (Å²) >= 11 is 0. The molecule has 0 aliphatic rings. The lowest BCUT2D eigenvalue weighted by atomic mass is 10.2. The maximum atomic E-state index is 12.2. The minimum atomic E-state index is -0.836. The van der Waals surface area contributed by atoms with Gasteiger partial charge in [-0.3, -0.25) is 4.79 Å². The van der Waals surface area contributed by atoms with E-state index in [-0.39, 0.29) is 0 Å². The zero-order valence-electron chi connectivity index (χ0n) is 15.4. The van der Waals surface area contributed by atoms with Crippen LogP contribution in [0.1, 0.15) is 25.0 Å². The maximum absolute atomic E-state index is 12.2. The maximum Gasteiger partial charge on any atom is 0.268 e. The smallest absolute Gasteiger partial charge is 0.268 e. The molecule has 0 saturated heterocycles. The molecule has 27 heavy (non-hydrogen) atoms. The van der Waals surface area contributed by atoms with Crippen molar-refractivity contribution in [2.24, 2.45) is 5.16 Å². The van der Waals surface area contributed by atoms with E-state index in [2.05, 4.69) is 10.5 Å². The van der Waals surface area contributed by atoms with Crippen LogP contribution >= 0.6 is 0 Å². The minimum absolute atomic E-state index is 0.378. The molecule has 0 radical (unpaired) electrons. The molecule has 0 fully saturated rings. The molecular formula is C20H21N3O4. The number of oxime groups is 1. The SMILES string of the molecule is CCOc1ccc(/C=N\O[C@@H](C)C(=O)Nc2ccccc2C#N)cc1OC. The Labute approximate surface area is 158 Å². The number of carbonyl (C=O) groups is 1. The predicted octanol–water partition coefficient (Wildman–Crippen LogP) is 3.34. The number of hydrogen-bond donors (Lipinski definition) is 1. The van der Waals surface area contributed by atoms with Crippen molar-refractivity contribution in [3.63, 3.8) is 0 Å². The molecule has 2 aromatic rings. The van der Waals surface area contributed by atoms with Crippen LogP contribution in [0.2, 0.25) is 0 Å². The van der Waals surface area contributed by atoms with Gasteiger partial charge in [-0.1, -0.05) is 17.3 Å². The van der Waals surface area contributed by atoms with Crippen LogP contribution in [0.15, 0.2) is 47.6 Å². The number of methoxy groups -OCH3 is 1. The summed E-state index contributed by atoms with van der Waals surface area (Å²) in [5.74, 6) is 0.820. The van der Waals surface area contributed by atoms with Gasteiger partial charge < -0.3 is 19.6 Å². The largest absolute Gasteiger partial charge is 0.493 e. The predicted molar refractivity (Wildman–Crippen MR) is 102 cm³/mol. The van der Waals surface area contributed by atoms with E-state index in [1.807, 2.05) is 13.0 Å². The van der Waals surface area contributed by atoms with Crippen LogP contribution in [0.4, 0.5) is 5.69 Å². The van der Waals surface area contributed by atoms with E-state index < -0.39 is 12.0 Å². The second kappa shape index (κ2) is 9.82. The number of nitrogens with zero attached hydrogens (tertiary/aromatic N) is 2. The van der Waals surface area contributed by atoms with Gasteiger partial charge in [0.15, 0.2) is 11.5 Å². The Hall–Kier alpha value is -3.53. The lowest BCUT2D eigenvalue weighted by Gasteiger charge is -2.11. The Morgan fingerprint density at radius 2 is 2.07 bits per heavy atom. The third-order valence-corrected chi connectivity index (χ3v) is 3.58. The van der Waals surface area contributed by atoms with Crippen molar-refractivity contribution in [3.8, 4) is 17.6 Å². The summed E-state index contributed by atoms with van der Waals surface area (Å²) in [4.78, 5) is 17.4. The van der Waals surface area contributed by atoms with E-state index >= 15 is 0 Å². The fourth-order valence-electron chi connectivity index (χ4n) is 2.19. The summed E-state index contributed by atoms with van der Waals surface area (Å²) in [6.07, 6.45) is 0.642. The number of amides is 1. The molecule has 1 amide bonds. The molecule has 1 atom stereocenters. The van der Waals surface area contributed by atoms with Gasteiger partial charge in [0.25, 0.3) is 5.91 Å². The Morgan fingerprint density at radius 1 is 1.30 bits per heavy atom. The van der Waals surface area contributed by atoms with Crippen LogP contribution < -0.4 is 14.8 Å². The Balaban J connectivity index is 1.97. The monoisotopic (exact) mass is 367 g/mol. The van der Waals surface area contributed by atoms with Gasteiger partial charge in [0, 0.05) is 5.56 Å². The van der Waals surface area contributed by atoms with Gasteiger partial charge in [-0.25, -0.2) is 0 Å². The van der Waals surface area contributed by atoms with Crippen LogP contribution in [0.3, 0.4) is 0 Å². The molecule has 140 valence electrons. The molecule has 7 nitrogen and oxygen atoms in total. The Morgan fingerprint density at radius 3 is 2.78 bits per heavy atom. The molecule has 0 bridgehead atoms. The van der Waals surface area contributed by atoms with E-state index in [4.69, 9.17) is 19.6 Å². The molecule has 0 aliphatic carbocycles. The van der Waals surface area contributed by atoms with Crippen molar-refractivity contribution >= 4 is 17.8 Å². The lowest BCUT2D eigenvalue weighted by Crippen LogP contribution is -2.26. The first-order chi connectivity index (χ1) is 13.1. The molecule has 0 spiro atoms. The first kappa shape index (κ1) is 19.8. The van der Waals surface area contributed by atoms with Crippen LogP contribution in [0.25, 0.3) is 0 Å². The number of benzene rings is 2. The molecule has 0 aliphatic heterocycles. The van der Waals surface area contributed by atoms with Crippen molar-refractivity contribution in [1.82, 2.24) is 0 Å². The van der Waals surface area contributed by atoms with E-state index in [1.54, 1.807) is 56.5 Å². The fourth-order valence-corrected chi connectivity index (χ4v) is 2.19. The summed E-state index contributed by atoms with van der Waals surface area (Å²) in [5.41, 5.74) is 1.54. The number of rotatable bonds is 8. The third-order valence-electron chi connectivity index (χ3n) is 3.58. The zero-order valence-corrected chi connectivity index (χ0v) is 15.4. The molecule has 0 heterocycles. The van der Waals surface area contributed by atoms with Crippen molar-refractivity contribution in [2.75, 3.05) is 19.0 Å². The molecule has 0 aromatic heterocycles. The van der Waals surface area contributed by atoms with E-state index in [9.17, 15) is 4.79 Å². The molecule has 2 aromatic carbocycles. The number of nitrogens with one attached hydrogen (secondary N) is 1. The summed E-state index contributed by atoms with van der Waals surface area (Å²) in [6, 6.07) is 14.1. The molecule has 1 N–H and O–H groups in total. The molecule has 2 rings (SSSR count). The summed E-state index contributed by atoms with van der Waals surface area (Å²) in [5, 5.41) is 15.6. The highest BCUT2D eigenvalue weighted by Crippen LogP contribution is 2.27. The van der Waals surface area contributed by atoms with Crippen molar-refractivity contribution < 1.29 is 19.1 Å². The van der Waals surface area contributed by atoms with E-state index in [0.717, 1.165) is 5.56 Å². The number of carbonyl (C=O) groups excluding carboxylic acids is 1. The van der Waals surface area contributed by atoms with Crippen LogP contribution in [0, 0.1) is 11.3 Å². The molecule has 0 saturated carbocycles. The topological polar surface area (TPSA) is 92.9 Å². The second-order valence-corrected chi connectivity index (χ2v) is 5.47. The highest BCUT2D eigenvalue weighted by atomic mass is 16.6. The summed E-state index contributed by atoms with van der Waals surface area (Å²) < 4.78 is 10.7. The van der Waals surface area contributed by atoms with Crippen LogP contribution in [-0.4, -0.2) is 31.9 Å². The highest BCUT2D eigenvalue weighted by molar-refractivity contribution is 5.95. The van der Waals surface area contributed by atoms with Gasteiger partial charge in [-0.2, -0.15) is 5.26 Å². The average molecular weight is 367 g/mol. The van der Waals surface area contributed by atoms with Gasteiger partial charge in [-0.15, -0.1) is 0 Å².